The molecule has 2 rings (SSSR count). The van der Waals surface area contributed by atoms with Crippen LogP contribution in [-0.4, -0.2) is 42.9 Å². The smallest absolute Gasteiger partial charge is 0.152 e. The number of rotatable bonds is 2. The molecule has 0 N–H and O–H groups in total. The Morgan fingerprint density at radius 1 is 1.38 bits per heavy atom. The van der Waals surface area contributed by atoms with Crippen LogP contribution in [0.3, 0.4) is 0 Å². The van der Waals surface area contributed by atoms with Crippen molar-refractivity contribution in [2.24, 2.45) is 0 Å². The van der Waals surface area contributed by atoms with E-state index >= 15 is 0 Å². The summed E-state index contributed by atoms with van der Waals surface area (Å²) in [7, 11) is -2.87. The molecule has 1 aromatic heterocycles. The van der Waals surface area contributed by atoms with Crippen LogP contribution in [0.5, 0.6) is 0 Å². The van der Waals surface area contributed by atoms with Crippen molar-refractivity contribution in [1.29, 1.82) is 0 Å². The van der Waals surface area contributed by atoms with Crippen LogP contribution in [0.25, 0.3) is 0 Å². The SMILES string of the molecule is O=S1(=O)CCN(Cc2ncccc2F)CC1. The Labute approximate surface area is 94.0 Å². The van der Waals surface area contributed by atoms with Gasteiger partial charge in [0.2, 0.25) is 0 Å². The standard InChI is InChI=1S/C10H13FN2O2S/c11-9-2-1-3-12-10(9)8-13-4-6-16(14,15)7-5-13/h1-3H,4-8H2. The lowest BCUT2D eigenvalue weighted by atomic mass is 10.3. The zero-order chi connectivity index (χ0) is 11.6. The van der Waals surface area contributed by atoms with Crippen molar-refractivity contribution >= 4 is 9.84 Å². The van der Waals surface area contributed by atoms with Gasteiger partial charge in [-0.2, -0.15) is 0 Å². The third-order valence-corrected chi connectivity index (χ3v) is 4.25. The zero-order valence-corrected chi connectivity index (χ0v) is 9.58. The van der Waals surface area contributed by atoms with Crippen LogP contribution >= 0.6 is 0 Å². The van der Waals surface area contributed by atoms with Crippen molar-refractivity contribution in [3.8, 4) is 0 Å². The van der Waals surface area contributed by atoms with Gasteiger partial charge in [0.1, 0.15) is 5.82 Å². The van der Waals surface area contributed by atoms with E-state index in [1.165, 1.54) is 6.07 Å². The summed E-state index contributed by atoms with van der Waals surface area (Å²) in [5, 5.41) is 0. The summed E-state index contributed by atoms with van der Waals surface area (Å²) in [5.41, 5.74) is 0.377. The summed E-state index contributed by atoms with van der Waals surface area (Å²) >= 11 is 0. The van der Waals surface area contributed by atoms with Crippen molar-refractivity contribution in [3.05, 3.63) is 29.8 Å². The van der Waals surface area contributed by atoms with Gasteiger partial charge in [0.05, 0.1) is 17.2 Å². The topological polar surface area (TPSA) is 50.3 Å². The Kier molecular flexibility index (Phi) is 3.20. The van der Waals surface area contributed by atoms with Crippen LogP contribution in [0, 0.1) is 5.82 Å². The second-order valence-corrected chi connectivity index (χ2v) is 6.16. The molecule has 0 aromatic carbocycles. The first-order chi connectivity index (χ1) is 7.57. The molecule has 1 aliphatic heterocycles. The fourth-order valence-electron chi connectivity index (χ4n) is 1.65. The van der Waals surface area contributed by atoms with Crippen molar-refractivity contribution in [1.82, 2.24) is 9.88 Å². The molecule has 6 heteroatoms. The molecule has 1 aliphatic rings. The predicted octanol–water partition coefficient (Wildman–Crippen LogP) is 0.451. The predicted molar refractivity (Wildman–Crippen MR) is 58.1 cm³/mol. The summed E-state index contributed by atoms with van der Waals surface area (Å²) in [6, 6.07) is 2.91. The molecule has 4 nitrogen and oxygen atoms in total. The molecule has 2 heterocycles. The lowest BCUT2D eigenvalue weighted by Gasteiger charge is -2.26. The van der Waals surface area contributed by atoms with Crippen LogP contribution in [0.4, 0.5) is 4.39 Å². The highest BCUT2D eigenvalue weighted by Gasteiger charge is 2.22. The van der Waals surface area contributed by atoms with Crippen molar-refractivity contribution < 1.29 is 12.8 Å². The minimum absolute atomic E-state index is 0.154. The molecule has 0 aliphatic carbocycles. The number of sulfone groups is 1. The van der Waals surface area contributed by atoms with Gasteiger partial charge in [-0.25, -0.2) is 12.8 Å². The van der Waals surface area contributed by atoms with E-state index in [-0.39, 0.29) is 17.3 Å². The molecule has 0 bridgehead atoms. The first kappa shape index (κ1) is 11.5. The monoisotopic (exact) mass is 244 g/mol. The lowest BCUT2D eigenvalue weighted by molar-refractivity contribution is 0.279. The third kappa shape index (κ3) is 2.76. The van der Waals surface area contributed by atoms with E-state index in [0.717, 1.165) is 0 Å². The van der Waals surface area contributed by atoms with Gasteiger partial charge in [-0.05, 0) is 12.1 Å². The number of pyridine rings is 1. The van der Waals surface area contributed by atoms with Gasteiger partial charge >= 0.3 is 0 Å². The number of hydrogen-bond acceptors (Lipinski definition) is 4. The molecule has 0 saturated carbocycles. The van der Waals surface area contributed by atoms with Crippen LogP contribution < -0.4 is 0 Å². The molecule has 0 spiro atoms. The molecule has 0 unspecified atom stereocenters. The Morgan fingerprint density at radius 3 is 2.69 bits per heavy atom. The number of aromatic nitrogens is 1. The molecule has 0 amide bonds. The van der Waals surface area contributed by atoms with E-state index in [4.69, 9.17) is 0 Å². The Bertz CT molecular complexity index is 461. The third-order valence-electron chi connectivity index (χ3n) is 2.65. The van der Waals surface area contributed by atoms with Gasteiger partial charge in [-0.3, -0.25) is 9.88 Å². The van der Waals surface area contributed by atoms with Crippen LogP contribution in [0.15, 0.2) is 18.3 Å². The van der Waals surface area contributed by atoms with Crippen LogP contribution in [-0.2, 0) is 16.4 Å². The molecular formula is C10H13FN2O2S. The lowest BCUT2D eigenvalue weighted by Crippen LogP contribution is -2.40. The summed E-state index contributed by atoms with van der Waals surface area (Å²) in [6.07, 6.45) is 1.54. The molecular weight excluding hydrogens is 231 g/mol. The molecule has 1 aromatic rings. The van der Waals surface area contributed by atoms with Crippen molar-refractivity contribution in [3.63, 3.8) is 0 Å². The maximum Gasteiger partial charge on any atom is 0.152 e. The molecule has 16 heavy (non-hydrogen) atoms. The minimum Gasteiger partial charge on any atom is -0.295 e. The van der Waals surface area contributed by atoms with Gasteiger partial charge in [0, 0.05) is 25.8 Å². The average molecular weight is 244 g/mol. The fraction of sp³-hybridized carbons (Fsp3) is 0.500. The van der Waals surface area contributed by atoms with E-state index in [1.807, 2.05) is 4.90 Å². The van der Waals surface area contributed by atoms with E-state index < -0.39 is 9.84 Å². The highest BCUT2D eigenvalue weighted by molar-refractivity contribution is 7.91. The largest absolute Gasteiger partial charge is 0.295 e. The Balaban J connectivity index is 2.00. The van der Waals surface area contributed by atoms with Crippen LogP contribution in [0.2, 0.25) is 0 Å². The quantitative estimate of drug-likeness (QED) is 0.758. The second-order valence-electron chi connectivity index (χ2n) is 3.86. The average Bonchev–Trinajstić information content (AvgIpc) is 2.24. The first-order valence-corrected chi connectivity index (χ1v) is 6.91. The fourth-order valence-corrected chi connectivity index (χ4v) is 2.93. The van der Waals surface area contributed by atoms with E-state index in [2.05, 4.69) is 4.98 Å². The van der Waals surface area contributed by atoms with Crippen molar-refractivity contribution in [2.45, 2.75) is 6.54 Å². The van der Waals surface area contributed by atoms with Gasteiger partial charge in [-0.1, -0.05) is 0 Å². The first-order valence-electron chi connectivity index (χ1n) is 5.09. The maximum absolute atomic E-state index is 13.3. The summed E-state index contributed by atoms with van der Waals surface area (Å²) in [4.78, 5) is 5.85. The highest BCUT2D eigenvalue weighted by Crippen LogP contribution is 2.10. The van der Waals surface area contributed by atoms with Gasteiger partial charge in [0.25, 0.3) is 0 Å². The van der Waals surface area contributed by atoms with Gasteiger partial charge < -0.3 is 0 Å². The molecule has 88 valence electrons. The summed E-state index contributed by atoms with van der Waals surface area (Å²) in [6.45, 7) is 1.29. The number of halogens is 1. The summed E-state index contributed by atoms with van der Waals surface area (Å²) in [5.74, 6) is -0.0287. The highest BCUT2D eigenvalue weighted by atomic mass is 32.2. The maximum atomic E-state index is 13.3. The number of nitrogens with zero attached hydrogens (tertiary/aromatic N) is 2. The normalized spacial score (nSPS) is 20.8. The Hall–Kier alpha value is -1.01. The van der Waals surface area contributed by atoms with E-state index in [1.54, 1.807) is 12.3 Å². The molecule has 0 atom stereocenters. The molecule has 1 fully saturated rings. The minimum atomic E-state index is -2.87. The summed E-state index contributed by atoms with van der Waals surface area (Å²) < 4.78 is 35.7. The van der Waals surface area contributed by atoms with Gasteiger partial charge in [-0.15, -0.1) is 0 Å². The van der Waals surface area contributed by atoms with E-state index in [9.17, 15) is 12.8 Å². The van der Waals surface area contributed by atoms with Crippen molar-refractivity contribution in [2.75, 3.05) is 24.6 Å². The Morgan fingerprint density at radius 2 is 2.06 bits per heavy atom. The molecule has 1 saturated heterocycles. The zero-order valence-electron chi connectivity index (χ0n) is 8.76. The van der Waals surface area contributed by atoms with Crippen LogP contribution in [0.1, 0.15) is 5.69 Å². The van der Waals surface area contributed by atoms with Gasteiger partial charge in [0.15, 0.2) is 9.84 Å². The van der Waals surface area contributed by atoms with E-state index in [0.29, 0.717) is 25.3 Å². The second kappa shape index (κ2) is 4.47. The number of hydrogen-bond donors (Lipinski definition) is 0. The molecule has 0 radical (unpaired) electrons.